The summed E-state index contributed by atoms with van der Waals surface area (Å²) in [6.07, 6.45) is 1.77. The topological polar surface area (TPSA) is 136 Å². The normalized spacial score (nSPS) is 15.2. The van der Waals surface area contributed by atoms with Crippen LogP contribution in [-0.2, 0) is 11.2 Å². The van der Waals surface area contributed by atoms with Crippen molar-refractivity contribution in [2.75, 3.05) is 0 Å². The molecule has 30 heavy (non-hydrogen) atoms. The van der Waals surface area contributed by atoms with Gasteiger partial charge >= 0.3 is 5.97 Å². The number of rotatable bonds is 4. The zero-order valence-corrected chi connectivity index (χ0v) is 15.7. The molecule has 8 heteroatoms. The number of nitrogens with one attached hydrogen (secondary N) is 1. The van der Waals surface area contributed by atoms with Crippen molar-refractivity contribution in [1.29, 1.82) is 5.26 Å². The number of aryl methyl sites for hydroxylation is 1. The van der Waals surface area contributed by atoms with E-state index in [0.29, 0.717) is 17.0 Å². The second-order valence-corrected chi connectivity index (χ2v) is 7.41. The minimum Gasteiger partial charge on any atom is -0.508 e. The van der Waals surface area contributed by atoms with Crippen molar-refractivity contribution in [3.05, 3.63) is 53.2 Å². The smallest absolute Gasteiger partial charge is 0.304 e. The second kappa shape index (κ2) is 6.74. The first-order chi connectivity index (χ1) is 14.5. The van der Waals surface area contributed by atoms with Gasteiger partial charge in [-0.1, -0.05) is 5.16 Å². The van der Waals surface area contributed by atoms with Gasteiger partial charge < -0.3 is 19.7 Å². The van der Waals surface area contributed by atoms with Crippen molar-refractivity contribution in [2.24, 2.45) is 0 Å². The molecular weight excluding hydrogens is 384 g/mol. The van der Waals surface area contributed by atoms with Crippen LogP contribution in [0.2, 0.25) is 0 Å². The quantitative estimate of drug-likeness (QED) is 0.471. The highest BCUT2D eigenvalue weighted by molar-refractivity contribution is 5.89. The van der Waals surface area contributed by atoms with E-state index in [1.165, 1.54) is 12.1 Å². The number of aliphatic carboxylic acids is 1. The summed E-state index contributed by atoms with van der Waals surface area (Å²) in [6.45, 7) is 0. The summed E-state index contributed by atoms with van der Waals surface area (Å²) in [5.74, 6) is -0.241. The highest BCUT2D eigenvalue weighted by Gasteiger charge is 2.28. The van der Waals surface area contributed by atoms with E-state index < -0.39 is 5.97 Å². The van der Waals surface area contributed by atoms with Gasteiger partial charge in [0, 0.05) is 33.6 Å². The van der Waals surface area contributed by atoms with Crippen molar-refractivity contribution in [3.63, 3.8) is 0 Å². The minimum absolute atomic E-state index is 0.00483. The first kappa shape index (κ1) is 17.9. The van der Waals surface area contributed by atoms with Gasteiger partial charge in [-0.15, -0.1) is 0 Å². The Balaban J connectivity index is 1.52. The third-order valence-corrected chi connectivity index (χ3v) is 5.49. The number of fused-ring (bicyclic) bond motifs is 3. The van der Waals surface area contributed by atoms with Gasteiger partial charge in [-0.2, -0.15) is 10.2 Å². The molecule has 1 aliphatic rings. The molecule has 0 fully saturated rings. The fourth-order valence-corrected chi connectivity index (χ4v) is 4.16. The van der Waals surface area contributed by atoms with Crippen LogP contribution < -0.4 is 0 Å². The lowest BCUT2D eigenvalue weighted by molar-refractivity contribution is -0.137. The number of aromatic nitrogens is 3. The van der Waals surface area contributed by atoms with E-state index in [4.69, 9.17) is 14.9 Å². The van der Waals surface area contributed by atoms with Gasteiger partial charge in [-0.05, 0) is 54.8 Å². The highest BCUT2D eigenvalue weighted by atomic mass is 16.5. The molecule has 5 rings (SSSR count). The maximum atomic E-state index is 11.1. The van der Waals surface area contributed by atoms with Crippen molar-refractivity contribution >= 4 is 16.9 Å². The van der Waals surface area contributed by atoms with Crippen molar-refractivity contribution in [1.82, 2.24) is 15.1 Å². The molecule has 0 saturated heterocycles. The number of carboxylic acids is 1. The molecule has 3 N–H and O–H groups in total. The van der Waals surface area contributed by atoms with Gasteiger partial charge in [0.05, 0.1) is 18.1 Å². The van der Waals surface area contributed by atoms with Crippen LogP contribution in [0, 0.1) is 11.3 Å². The lowest BCUT2D eigenvalue weighted by atomic mass is 10.0. The van der Waals surface area contributed by atoms with Gasteiger partial charge in [0.2, 0.25) is 5.82 Å². The van der Waals surface area contributed by atoms with Gasteiger partial charge in [-0.25, -0.2) is 0 Å². The Morgan fingerprint density at radius 3 is 2.93 bits per heavy atom. The lowest BCUT2D eigenvalue weighted by Gasteiger charge is -2.05. The number of nitrogens with zero attached hydrogens (tertiary/aromatic N) is 3. The molecule has 1 unspecified atom stereocenters. The number of aromatic amines is 1. The molecule has 148 valence electrons. The van der Waals surface area contributed by atoms with E-state index in [-0.39, 0.29) is 24.0 Å². The summed E-state index contributed by atoms with van der Waals surface area (Å²) in [5.41, 5.74) is 4.63. The Labute approximate surface area is 170 Å². The summed E-state index contributed by atoms with van der Waals surface area (Å²) < 4.78 is 5.35. The zero-order valence-electron chi connectivity index (χ0n) is 15.7. The van der Waals surface area contributed by atoms with E-state index in [1.54, 1.807) is 6.07 Å². The molecule has 2 aromatic heterocycles. The number of benzene rings is 2. The molecule has 2 heterocycles. The molecule has 2 aromatic carbocycles. The number of hydrogen-bond acceptors (Lipinski definition) is 6. The number of carbonyl (C=O) groups is 1. The van der Waals surface area contributed by atoms with Crippen LogP contribution >= 0.6 is 0 Å². The zero-order chi connectivity index (χ0) is 20.8. The number of nitriles is 1. The highest BCUT2D eigenvalue weighted by Crippen LogP contribution is 2.40. The Morgan fingerprint density at radius 2 is 2.13 bits per heavy atom. The molecule has 4 aromatic rings. The molecule has 0 amide bonds. The fraction of sp³-hybridized carbons (Fsp3) is 0.182. The fourth-order valence-electron chi connectivity index (χ4n) is 4.16. The van der Waals surface area contributed by atoms with E-state index in [0.717, 1.165) is 40.6 Å². The Hall–Kier alpha value is -4.12. The summed E-state index contributed by atoms with van der Waals surface area (Å²) in [6, 6.07) is 12.2. The van der Waals surface area contributed by atoms with Crippen LogP contribution in [0.5, 0.6) is 5.75 Å². The largest absolute Gasteiger partial charge is 0.508 e. The van der Waals surface area contributed by atoms with Gasteiger partial charge in [0.25, 0.3) is 5.89 Å². The molecule has 8 nitrogen and oxygen atoms in total. The SMILES string of the molecule is N#Cc1cc(O)cc(-c2nc(-c3ccc4[nH]c5c(c4c3)CCC5CC(=O)O)no2)c1. The number of aromatic hydroxyl groups is 1. The standard InChI is InChI=1S/C22H16N4O4/c23-10-11-5-14(7-15(27)6-11)22-25-21(26-30-22)13-2-4-18-17(8-13)16-3-1-12(9-19(28)29)20(16)24-18/h2,4-8,12,24,27H,1,3,9H2,(H,28,29). The maximum Gasteiger partial charge on any atom is 0.304 e. The predicted octanol–water partition coefficient (Wildman–Crippen LogP) is 3.97. The number of H-pyrrole nitrogens is 1. The molecule has 0 radical (unpaired) electrons. The summed E-state index contributed by atoms with van der Waals surface area (Å²) in [5, 5.41) is 33.1. The first-order valence-corrected chi connectivity index (χ1v) is 9.46. The van der Waals surface area contributed by atoms with Crippen molar-refractivity contribution in [3.8, 4) is 34.7 Å². The van der Waals surface area contributed by atoms with Gasteiger partial charge in [-0.3, -0.25) is 4.79 Å². The number of hydrogen-bond donors (Lipinski definition) is 3. The molecule has 0 saturated carbocycles. The number of phenols is 1. The summed E-state index contributed by atoms with van der Waals surface area (Å²) >= 11 is 0. The van der Waals surface area contributed by atoms with Crippen LogP contribution in [0.3, 0.4) is 0 Å². The number of carboxylic acid groups (broad SMARTS) is 1. The average molecular weight is 400 g/mol. The van der Waals surface area contributed by atoms with Gasteiger partial charge in [0.1, 0.15) is 5.75 Å². The first-order valence-electron chi connectivity index (χ1n) is 9.46. The third-order valence-electron chi connectivity index (χ3n) is 5.49. The Kier molecular flexibility index (Phi) is 4.03. The average Bonchev–Trinajstić information content (AvgIpc) is 3.43. The van der Waals surface area contributed by atoms with Crippen LogP contribution in [-0.4, -0.2) is 31.3 Å². The van der Waals surface area contributed by atoms with Crippen LogP contribution in [0.4, 0.5) is 0 Å². The van der Waals surface area contributed by atoms with Crippen LogP contribution in [0.1, 0.15) is 35.6 Å². The second-order valence-electron chi connectivity index (χ2n) is 7.41. The molecular formula is C22H16N4O4. The Bertz CT molecular complexity index is 1350. The maximum absolute atomic E-state index is 11.1. The predicted molar refractivity (Wildman–Crippen MR) is 107 cm³/mol. The van der Waals surface area contributed by atoms with E-state index in [2.05, 4.69) is 15.1 Å². The summed E-state index contributed by atoms with van der Waals surface area (Å²) in [4.78, 5) is 18.9. The Morgan fingerprint density at radius 1 is 1.27 bits per heavy atom. The third kappa shape index (κ3) is 2.97. The van der Waals surface area contributed by atoms with Crippen LogP contribution in [0.15, 0.2) is 40.9 Å². The molecule has 0 spiro atoms. The number of phenolic OH excluding ortho intramolecular Hbond substituents is 1. The molecule has 0 aliphatic heterocycles. The van der Waals surface area contributed by atoms with Crippen LogP contribution in [0.25, 0.3) is 33.7 Å². The minimum atomic E-state index is -0.793. The van der Waals surface area contributed by atoms with E-state index in [1.807, 2.05) is 24.3 Å². The van der Waals surface area contributed by atoms with E-state index >= 15 is 0 Å². The molecule has 0 bridgehead atoms. The molecule has 1 aliphatic carbocycles. The van der Waals surface area contributed by atoms with Crippen molar-refractivity contribution < 1.29 is 19.5 Å². The summed E-state index contributed by atoms with van der Waals surface area (Å²) in [7, 11) is 0. The van der Waals surface area contributed by atoms with E-state index in [9.17, 15) is 9.90 Å². The monoisotopic (exact) mass is 400 g/mol. The molecule has 1 atom stereocenters. The lowest BCUT2D eigenvalue weighted by Crippen LogP contribution is -2.03. The van der Waals surface area contributed by atoms with Gasteiger partial charge in [0.15, 0.2) is 0 Å². The van der Waals surface area contributed by atoms with Crippen molar-refractivity contribution in [2.45, 2.75) is 25.2 Å².